The van der Waals surface area contributed by atoms with E-state index >= 15 is 0 Å². The number of halogens is 1. The normalized spacial score (nSPS) is 9.47. The van der Waals surface area contributed by atoms with E-state index in [0.717, 1.165) is 3.57 Å². The number of ether oxygens (including phenoxy) is 2. The highest BCUT2D eigenvalue weighted by molar-refractivity contribution is 14.1. The van der Waals surface area contributed by atoms with Crippen LogP contribution in [0, 0.1) is 3.57 Å². The SMILES string of the molecule is C=CCOc1cc(I)ccc1C(=O)OC. The second-order valence-corrected chi connectivity index (χ2v) is 3.98. The van der Waals surface area contributed by atoms with Crippen molar-refractivity contribution in [2.75, 3.05) is 13.7 Å². The minimum Gasteiger partial charge on any atom is -0.489 e. The maximum atomic E-state index is 11.4. The van der Waals surface area contributed by atoms with Gasteiger partial charge in [-0.2, -0.15) is 0 Å². The van der Waals surface area contributed by atoms with Crippen LogP contribution in [0.1, 0.15) is 10.4 Å². The van der Waals surface area contributed by atoms with Crippen molar-refractivity contribution in [1.29, 1.82) is 0 Å². The molecule has 0 radical (unpaired) electrons. The van der Waals surface area contributed by atoms with Gasteiger partial charge in [-0.3, -0.25) is 0 Å². The third-order valence-electron chi connectivity index (χ3n) is 1.71. The first-order valence-electron chi connectivity index (χ1n) is 4.30. The minimum absolute atomic E-state index is 0.365. The molecule has 4 heteroatoms. The average molecular weight is 318 g/mol. The van der Waals surface area contributed by atoms with Crippen LogP contribution < -0.4 is 4.74 Å². The number of carbonyl (C=O) groups excluding carboxylic acids is 1. The Hall–Kier alpha value is -1.04. The van der Waals surface area contributed by atoms with Gasteiger partial charge >= 0.3 is 5.97 Å². The number of rotatable bonds is 4. The molecule has 0 aliphatic heterocycles. The lowest BCUT2D eigenvalue weighted by Gasteiger charge is -2.08. The molecule has 1 rings (SSSR count). The Morgan fingerprint density at radius 2 is 2.33 bits per heavy atom. The van der Waals surface area contributed by atoms with E-state index in [1.165, 1.54) is 7.11 Å². The second-order valence-electron chi connectivity index (χ2n) is 2.73. The molecule has 0 unspecified atom stereocenters. The molecule has 0 saturated carbocycles. The average Bonchev–Trinajstić information content (AvgIpc) is 2.25. The van der Waals surface area contributed by atoms with Gasteiger partial charge in [0.2, 0.25) is 0 Å². The van der Waals surface area contributed by atoms with Crippen LogP contribution in [-0.2, 0) is 4.74 Å². The van der Waals surface area contributed by atoms with E-state index in [-0.39, 0.29) is 0 Å². The van der Waals surface area contributed by atoms with Gasteiger partial charge < -0.3 is 9.47 Å². The van der Waals surface area contributed by atoms with E-state index in [9.17, 15) is 4.79 Å². The van der Waals surface area contributed by atoms with Crippen LogP contribution in [0.3, 0.4) is 0 Å². The summed E-state index contributed by atoms with van der Waals surface area (Å²) >= 11 is 2.15. The molecule has 3 nitrogen and oxygen atoms in total. The first-order valence-corrected chi connectivity index (χ1v) is 5.38. The summed E-state index contributed by atoms with van der Waals surface area (Å²) in [6.07, 6.45) is 1.63. The van der Waals surface area contributed by atoms with E-state index in [2.05, 4.69) is 33.9 Å². The molecular formula is C11H11IO3. The van der Waals surface area contributed by atoms with Crippen LogP contribution >= 0.6 is 22.6 Å². The Balaban J connectivity index is 3.02. The Bertz CT molecular complexity index is 374. The van der Waals surface area contributed by atoms with E-state index in [1.54, 1.807) is 18.2 Å². The molecule has 0 spiro atoms. The van der Waals surface area contributed by atoms with E-state index < -0.39 is 5.97 Å². The molecule has 0 amide bonds. The fraction of sp³-hybridized carbons (Fsp3) is 0.182. The maximum absolute atomic E-state index is 11.4. The summed E-state index contributed by atoms with van der Waals surface area (Å²) < 4.78 is 11.0. The van der Waals surface area contributed by atoms with Gasteiger partial charge in [-0.15, -0.1) is 0 Å². The summed E-state index contributed by atoms with van der Waals surface area (Å²) in [4.78, 5) is 11.4. The van der Waals surface area contributed by atoms with Gasteiger partial charge in [0, 0.05) is 3.57 Å². The predicted octanol–water partition coefficient (Wildman–Crippen LogP) is 2.64. The lowest BCUT2D eigenvalue weighted by molar-refractivity contribution is 0.0596. The van der Waals surface area contributed by atoms with E-state index in [1.807, 2.05) is 6.07 Å². The zero-order chi connectivity index (χ0) is 11.3. The van der Waals surface area contributed by atoms with Crippen LogP contribution in [-0.4, -0.2) is 19.7 Å². The number of esters is 1. The first kappa shape index (κ1) is 12.0. The number of methoxy groups -OCH3 is 1. The van der Waals surface area contributed by atoms with Gasteiger partial charge in [-0.1, -0.05) is 12.7 Å². The molecule has 1 aromatic rings. The summed E-state index contributed by atoms with van der Waals surface area (Å²) in [5.41, 5.74) is 0.430. The summed E-state index contributed by atoms with van der Waals surface area (Å²) in [5, 5.41) is 0. The third-order valence-corrected chi connectivity index (χ3v) is 2.38. The van der Waals surface area contributed by atoms with Crippen LogP contribution in [0.4, 0.5) is 0 Å². The van der Waals surface area contributed by atoms with E-state index in [0.29, 0.717) is 17.9 Å². The molecular weight excluding hydrogens is 307 g/mol. The van der Waals surface area contributed by atoms with Crippen molar-refractivity contribution in [1.82, 2.24) is 0 Å². The zero-order valence-corrected chi connectivity index (χ0v) is 10.5. The minimum atomic E-state index is -0.398. The van der Waals surface area contributed by atoms with Gasteiger partial charge in [0.05, 0.1) is 7.11 Å². The molecule has 80 valence electrons. The van der Waals surface area contributed by atoms with Crippen molar-refractivity contribution >= 4 is 28.6 Å². The van der Waals surface area contributed by atoms with Gasteiger partial charge in [0.15, 0.2) is 0 Å². The Labute approximate surface area is 102 Å². The van der Waals surface area contributed by atoms with Crippen molar-refractivity contribution in [2.24, 2.45) is 0 Å². The van der Waals surface area contributed by atoms with Gasteiger partial charge in [-0.05, 0) is 40.8 Å². The Morgan fingerprint density at radius 1 is 1.60 bits per heavy atom. The summed E-state index contributed by atoms with van der Waals surface area (Å²) in [6.45, 7) is 3.91. The van der Waals surface area contributed by atoms with Crippen molar-refractivity contribution in [3.05, 3.63) is 40.0 Å². The molecule has 0 aromatic heterocycles. The Morgan fingerprint density at radius 3 is 2.93 bits per heavy atom. The lowest BCUT2D eigenvalue weighted by Crippen LogP contribution is -2.06. The van der Waals surface area contributed by atoms with E-state index in [4.69, 9.17) is 4.74 Å². The second kappa shape index (κ2) is 5.75. The highest BCUT2D eigenvalue weighted by Crippen LogP contribution is 2.22. The summed E-state index contributed by atoms with van der Waals surface area (Å²) in [6, 6.07) is 5.30. The zero-order valence-electron chi connectivity index (χ0n) is 8.33. The predicted molar refractivity (Wildman–Crippen MR) is 66.2 cm³/mol. The van der Waals surface area contributed by atoms with Crippen LogP contribution in [0.2, 0.25) is 0 Å². The molecule has 0 aliphatic carbocycles. The molecule has 0 N–H and O–H groups in total. The number of hydrogen-bond acceptors (Lipinski definition) is 3. The molecule has 0 atom stereocenters. The first-order chi connectivity index (χ1) is 7.19. The number of hydrogen-bond donors (Lipinski definition) is 0. The smallest absolute Gasteiger partial charge is 0.341 e. The van der Waals surface area contributed by atoms with Gasteiger partial charge in [0.1, 0.15) is 17.9 Å². The monoisotopic (exact) mass is 318 g/mol. The highest BCUT2D eigenvalue weighted by atomic mass is 127. The van der Waals surface area contributed by atoms with Crippen LogP contribution in [0.5, 0.6) is 5.75 Å². The van der Waals surface area contributed by atoms with Crippen LogP contribution in [0.25, 0.3) is 0 Å². The molecule has 1 aromatic carbocycles. The standard InChI is InChI=1S/C11H11IO3/c1-3-6-15-10-7-8(12)4-5-9(10)11(13)14-2/h3-5,7H,1,6H2,2H3. The fourth-order valence-corrected chi connectivity index (χ4v) is 1.51. The summed E-state index contributed by atoms with van der Waals surface area (Å²) in [7, 11) is 1.34. The van der Waals surface area contributed by atoms with Crippen molar-refractivity contribution in [3.63, 3.8) is 0 Å². The fourth-order valence-electron chi connectivity index (χ4n) is 1.04. The van der Waals surface area contributed by atoms with Gasteiger partial charge in [0.25, 0.3) is 0 Å². The maximum Gasteiger partial charge on any atom is 0.341 e. The molecule has 0 heterocycles. The molecule has 0 bridgehead atoms. The molecule has 15 heavy (non-hydrogen) atoms. The largest absolute Gasteiger partial charge is 0.489 e. The Kier molecular flexibility index (Phi) is 4.61. The van der Waals surface area contributed by atoms with Crippen molar-refractivity contribution in [2.45, 2.75) is 0 Å². The van der Waals surface area contributed by atoms with Crippen molar-refractivity contribution < 1.29 is 14.3 Å². The lowest BCUT2D eigenvalue weighted by atomic mass is 10.2. The number of carbonyl (C=O) groups is 1. The topological polar surface area (TPSA) is 35.5 Å². The number of benzene rings is 1. The quantitative estimate of drug-likeness (QED) is 0.486. The van der Waals surface area contributed by atoms with Crippen LogP contribution in [0.15, 0.2) is 30.9 Å². The summed E-state index contributed by atoms with van der Waals surface area (Å²) in [5.74, 6) is 0.124. The molecule has 0 aliphatic rings. The highest BCUT2D eigenvalue weighted by Gasteiger charge is 2.12. The van der Waals surface area contributed by atoms with Gasteiger partial charge in [-0.25, -0.2) is 4.79 Å². The van der Waals surface area contributed by atoms with Crippen molar-refractivity contribution in [3.8, 4) is 5.75 Å². The molecule has 0 saturated heterocycles. The third kappa shape index (κ3) is 3.23. The molecule has 0 fully saturated rings.